The van der Waals surface area contributed by atoms with Crippen molar-refractivity contribution in [3.63, 3.8) is 0 Å². The number of hydrogen-bond acceptors (Lipinski definition) is 4. The third kappa shape index (κ3) is 4.68. The van der Waals surface area contributed by atoms with Gasteiger partial charge in [-0.1, -0.05) is 140 Å². The first kappa shape index (κ1) is 27.8. The van der Waals surface area contributed by atoms with Crippen molar-refractivity contribution in [2.24, 2.45) is 0 Å². The second-order valence-electron chi connectivity index (χ2n) is 12.4. The van der Waals surface area contributed by atoms with Crippen molar-refractivity contribution in [3.05, 3.63) is 164 Å². The normalized spacial score (nSPS) is 11.7. The Morgan fingerprint density at radius 2 is 0.673 bits per heavy atom. The van der Waals surface area contributed by atoms with Gasteiger partial charge < -0.3 is 0 Å². The summed E-state index contributed by atoms with van der Waals surface area (Å²) in [5.41, 5.74) is 5.32. The summed E-state index contributed by atoms with van der Waals surface area (Å²) in [5, 5.41) is 9.97. The van der Waals surface area contributed by atoms with Crippen LogP contribution in [0.4, 0.5) is 0 Å². The van der Waals surface area contributed by atoms with E-state index in [9.17, 15) is 0 Å². The Morgan fingerprint density at radius 3 is 1.33 bits per heavy atom. The van der Waals surface area contributed by atoms with E-state index in [-0.39, 0.29) is 0 Å². The molecule has 0 aliphatic carbocycles. The fourth-order valence-electron chi connectivity index (χ4n) is 7.12. The van der Waals surface area contributed by atoms with E-state index in [1.165, 1.54) is 63.6 Å². The lowest BCUT2D eigenvalue weighted by molar-refractivity contribution is 1.07. The van der Waals surface area contributed by atoms with Gasteiger partial charge in [0.1, 0.15) is 0 Å². The van der Waals surface area contributed by atoms with E-state index in [0.29, 0.717) is 17.5 Å². The number of aromatic nitrogens is 3. The molecule has 0 bridgehead atoms. The predicted molar refractivity (Wildman–Crippen MR) is 207 cm³/mol. The Kier molecular flexibility index (Phi) is 6.36. The number of hydrogen-bond donors (Lipinski definition) is 0. The first-order valence-corrected chi connectivity index (χ1v) is 17.3. The highest BCUT2D eigenvalue weighted by molar-refractivity contribution is 7.25. The molecule has 8 aromatic carbocycles. The van der Waals surface area contributed by atoms with Crippen LogP contribution < -0.4 is 0 Å². The van der Waals surface area contributed by atoms with Gasteiger partial charge >= 0.3 is 0 Å². The van der Waals surface area contributed by atoms with Gasteiger partial charge in [-0.15, -0.1) is 11.3 Å². The molecule has 0 atom stereocenters. The molecule has 3 nitrogen and oxygen atoms in total. The van der Waals surface area contributed by atoms with Crippen LogP contribution in [0.2, 0.25) is 0 Å². The smallest absolute Gasteiger partial charge is 0.164 e. The number of benzene rings is 8. The average molecular weight is 642 g/mol. The van der Waals surface area contributed by atoms with Crippen LogP contribution in [-0.2, 0) is 0 Å². The molecule has 0 radical (unpaired) electrons. The highest BCUT2D eigenvalue weighted by Gasteiger charge is 2.16. The Labute approximate surface area is 286 Å². The molecule has 0 amide bonds. The van der Waals surface area contributed by atoms with Gasteiger partial charge in [0.15, 0.2) is 17.5 Å². The van der Waals surface area contributed by atoms with Gasteiger partial charge in [0.05, 0.1) is 0 Å². The minimum Gasteiger partial charge on any atom is -0.208 e. The zero-order valence-electron chi connectivity index (χ0n) is 26.3. The number of nitrogens with zero attached hydrogens (tertiary/aromatic N) is 3. The topological polar surface area (TPSA) is 38.7 Å². The number of rotatable bonds is 4. The van der Waals surface area contributed by atoms with Gasteiger partial charge in [-0.3, -0.25) is 0 Å². The zero-order chi connectivity index (χ0) is 32.3. The number of fused-ring (bicyclic) bond motifs is 9. The summed E-state index contributed by atoms with van der Waals surface area (Å²) in [5.74, 6) is 1.98. The van der Waals surface area contributed by atoms with E-state index in [1.807, 2.05) is 72.0 Å². The van der Waals surface area contributed by atoms with Crippen molar-refractivity contribution >= 4 is 63.8 Å². The lowest BCUT2D eigenvalue weighted by Gasteiger charge is -2.14. The summed E-state index contributed by atoms with van der Waals surface area (Å²) in [4.78, 5) is 14.9. The van der Waals surface area contributed by atoms with Crippen LogP contribution in [0.3, 0.4) is 0 Å². The highest BCUT2D eigenvalue weighted by Crippen LogP contribution is 2.41. The fraction of sp³-hybridized carbons (Fsp3) is 0. The molecule has 0 aliphatic heterocycles. The molecule has 0 saturated heterocycles. The fourth-order valence-corrected chi connectivity index (χ4v) is 8.26. The first-order valence-electron chi connectivity index (χ1n) is 16.4. The maximum Gasteiger partial charge on any atom is 0.164 e. The van der Waals surface area contributed by atoms with Crippen molar-refractivity contribution in [1.29, 1.82) is 0 Å². The SMILES string of the molecule is c1ccc(-c2nc(-c3ccccc3)nc(-c3ccc4c5cc(-c6ccc7c(c6)sc6ccccc67)ccc5c5ccccc5c4c3)n2)cc1. The highest BCUT2D eigenvalue weighted by atomic mass is 32.1. The molecule has 0 fully saturated rings. The van der Waals surface area contributed by atoms with Crippen LogP contribution in [0, 0.1) is 0 Å². The Hall–Kier alpha value is -6.23. The molecule has 10 aromatic rings. The quantitative estimate of drug-likeness (QED) is 0.180. The largest absolute Gasteiger partial charge is 0.208 e. The number of thiophene rings is 1. The van der Waals surface area contributed by atoms with E-state index >= 15 is 0 Å². The molecule has 0 unspecified atom stereocenters. The van der Waals surface area contributed by atoms with Crippen LogP contribution in [0.1, 0.15) is 0 Å². The summed E-state index contributed by atoms with van der Waals surface area (Å²) >= 11 is 1.86. The van der Waals surface area contributed by atoms with Crippen LogP contribution >= 0.6 is 11.3 Å². The molecule has 2 aromatic heterocycles. The summed E-state index contributed by atoms with van der Waals surface area (Å²) in [7, 11) is 0. The van der Waals surface area contributed by atoms with Crippen molar-refractivity contribution in [1.82, 2.24) is 15.0 Å². The van der Waals surface area contributed by atoms with Gasteiger partial charge in [-0.05, 0) is 67.7 Å². The monoisotopic (exact) mass is 641 g/mol. The summed E-state index contributed by atoms with van der Waals surface area (Å²) in [6.07, 6.45) is 0. The van der Waals surface area contributed by atoms with Crippen LogP contribution in [0.25, 0.3) is 97.8 Å². The molecule has 0 aliphatic rings. The van der Waals surface area contributed by atoms with Crippen molar-refractivity contribution < 1.29 is 0 Å². The van der Waals surface area contributed by atoms with Crippen LogP contribution in [-0.4, -0.2) is 15.0 Å². The summed E-state index contributed by atoms with van der Waals surface area (Å²) in [6, 6.07) is 58.1. The Balaban J connectivity index is 1.17. The van der Waals surface area contributed by atoms with E-state index in [0.717, 1.165) is 16.7 Å². The van der Waals surface area contributed by atoms with E-state index < -0.39 is 0 Å². The van der Waals surface area contributed by atoms with Gasteiger partial charge in [0, 0.05) is 36.9 Å². The van der Waals surface area contributed by atoms with Gasteiger partial charge in [-0.2, -0.15) is 0 Å². The standard InChI is InChI=1S/C45H27N3S/c1-3-11-28(12-4-1)43-46-44(29-13-5-2-6-14-29)48-45(47-43)32-21-23-36-39-25-30(19-22-35(39)33-15-7-8-16-34(33)40(36)26-32)31-20-24-38-37-17-9-10-18-41(37)49-42(38)27-31/h1-27H. The molecule has 10 rings (SSSR count). The second kappa shape index (κ2) is 11.2. The molecule has 49 heavy (non-hydrogen) atoms. The molecule has 0 spiro atoms. The first-order chi connectivity index (χ1) is 24.3. The minimum absolute atomic E-state index is 0.657. The van der Waals surface area contributed by atoms with Crippen molar-refractivity contribution in [2.75, 3.05) is 0 Å². The molecule has 0 saturated carbocycles. The van der Waals surface area contributed by atoms with E-state index in [2.05, 4.69) is 103 Å². The third-order valence-electron chi connectivity index (χ3n) is 9.51. The molecule has 228 valence electrons. The van der Waals surface area contributed by atoms with E-state index in [4.69, 9.17) is 15.0 Å². The van der Waals surface area contributed by atoms with Crippen molar-refractivity contribution in [3.8, 4) is 45.3 Å². The summed E-state index contributed by atoms with van der Waals surface area (Å²) < 4.78 is 2.64. The zero-order valence-corrected chi connectivity index (χ0v) is 27.2. The second-order valence-corrected chi connectivity index (χ2v) is 13.5. The molecular formula is C45H27N3S. The molecule has 0 N–H and O–H groups in total. The van der Waals surface area contributed by atoms with Crippen LogP contribution in [0.5, 0.6) is 0 Å². The lowest BCUT2D eigenvalue weighted by Crippen LogP contribution is -2.00. The molecule has 2 heterocycles. The van der Waals surface area contributed by atoms with Crippen LogP contribution in [0.15, 0.2) is 164 Å². The molecule has 4 heteroatoms. The van der Waals surface area contributed by atoms with Crippen molar-refractivity contribution in [2.45, 2.75) is 0 Å². The minimum atomic E-state index is 0.657. The lowest BCUT2D eigenvalue weighted by atomic mass is 9.91. The predicted octanol–water partition coefficient (Wildman–Crippen LogP) is 12.4. The summed E-state index contributed by atoms with van der Waals surface area (Å²) in [6.45, 7) is 0. The van der Waals surface area contributed by atoms with Gasteiger partial charge in [-0.25, -0.2) is 15.0 Å². The maximum absolute atomic E-state index is 5.02. The molecular weight excluding hydrogens is 615 g/mol. The van der Waals surface area contributed by atoms with E-state index in [1.54, 1.807) is 0 Å². The third-order valence-corrected chi connectivity index (χ3v) is 10.6. The average Bonchev–Trinajstić information content (AvgIpc) is 3.56. The van der Waals surface area contributed by atoms with Gasteiger partial charge in [0.2, 0.25) is 0 Å². The maximum atomic E-state index is 5.02. The Morgan fingerprint density at radius 1 is 0.265 bits per heavy atom. The van der Waals surface area contributed by atoms with Gasteiger partial charge in [0.25, 0.3) is 0 Å². The Bertz CT molecular complexity index is 2820.